The number of para-hydroxylation sites is 1. The topological polar surface area (TPSA) is 84.4 Å². The van der Waals surface area contributed by atoms with Crippen molar-refractivity contribution in [2.24, 2.45) is 5.92 Å². The highest BCUT2D eigenvalue weighted by Gasteiger charge is 2.39. The molecule has 0 unspecified atom stereocenters. The molecule has 1 N–H and O–H groups in total. The summed E-state index contributed by atoms with van der Waals surface area (Å²) >= 11 is 0. The fourth-order valence-electron chi connectivity index (χ4n) is 6.95. The number of carbonyl (C=O) groups is 1. The highest BCUT2D eigenvalue weighted by atomic mass is 16.5. The molecule has 3 aliphatic heterocycles. The van der Waals surface area contributed by atoms with Crippen molar-refractivity contribution in [1.29, 1.82) is 0 Å². The number of nitrogens with zero attached hydrogens (tertiary/aromatic N) is 3. The highest BCUT2D eigenvalue weighted by molar-refractivity contribution is 5.74. The zero-order chi connectivity index (χ0) is 29.2. The summed E-state index contributed by atoms with van der Waals surface area (Å²) in [7, 11) is 1.61. The van der Waals surface area contributed by atoms with E-state index in [0.717, 1.165) is 67.5 Å². The second-order valence-corrected chi connectivity index (χ2v) is 11.9. The summed E-state index contributed by atoms with van der Waals surface area (Å²) < 4.78 is 17.5. The van der Waals surface area contributed by atoms with Gasteiger partial charge in [0.1, 0.15) is 18.2 Å². The minimum atomic E-state index is -0.789. The summed E-state index contributed by atoms with van der Waals surface area (Å²) in [6, 6.07) is 17.0. The van der Waals surface area contributed by atoms with Gasteiger partial charge in [-0.25, -0.2) is 4.98 Å². The Morgan fingerprint density at radius 1 is 1.05 bits per heavy atom. The molecule has 4 heterocycles. The number of anilines is 1. The molecule has 2 aromatic carbocycles. The molecule has 0 spiro atoms. The van der Waals surface area contributed by atoms with Gasteiger partial charge in [0.05, 0.1) is 24.3 Å². The summed E-state index contributed by atoms with van der Waals surface area (Å²) in [5.74, 6) is 0.312. The first-order valence-electron chi connectivity index (χ1n) is 15.0. The van der Waals surface area contributed by atoms with Crippen LogP contribution in [0.4, 0.5) is 5.82 Å². The Morgan fingerprint density at radius 3 is 2.64 bits per heavy atom. The van der Waals surface area contributed by atoms with E-state index in [2.05, 4.69) is 41.8 Å². The van der Waals surface area contributed by atoms with Crippen LogP contribution in [0.2, 0.25) is 0 Å². The van der Waals surface area contributed by atoms with Crippen LogP contribution >= 0.6 is 0 Å². The quantitative estimate of drug-likeness (QED) is 0.367. The van der Waals surface area contributed by atoms with E-state index in [1.165, 1.54) is 22.3 Å². The molecule has 8 nitrogen and oxygen atoms in total. The van der Waals surface area contributed by atoms with E-state index >= 15 is 0 Å². The van der Waals surface area contributed by atoms with Gasteiger partial charge in [0.15, 0.2) is 0 Å². The first-order chi connectivity index (χ1) is 20.4. The van der Waals surface area contributed by atoms with Crippen LogP contribution < -0.4 is 9.64 Å². The van der Waals surface area contributed by atoms with Crippen LogP contribution in [0.1, 0.15) is 47.1 Å². The lowest BCUT2D eigenvalue weighted by Crippen LogP contribution is -2.39. The summed E-state index contributed by atoms with van der Waals surface area (Å²) in [6.07, 6.45) is 2.79. The molecule has 2 atom stereocenters. The molecular weight excluding hydrogens is 530 g/mol. The van der Waals surface area contributed by atoms with Crippen molar-refractivity contribution in [2.75, 3.05) is 38.4 Å². The van der Waals surface area contributed by atoms with Crippen LogP contribution in [0, 0.1) is 19.8 Å². The molecule has 0 amide bonds. The number of carboxylic acid groups (broad SMARTS) is 1. The van der Waals surface area contributed by atoms with Crippen molar-refractivity contribution in [3.8, 4) is 17.0 Å². The first kappa shape index (κ1) is 28.6. The van der Waals surface area contributed by atoms with Crippen LogP contribution in [0.25, 0.3) is 11.3 Å². The lowest BCUT2D eigenvalue weighted by atomic mass is 10.0. The SMILES string of the molecule is COC[C@@H]1[C@H](C(=O)O)CCN1c1cccc(-c2cccc(C)c2OCc2cc(C)c3c(c2)CN(C2CCOCC2)C3)n1. The fraction of sp³-hybridized carbons (Fsp3) is 0.471. The molecular formula is C34H41N3O5. The average Bonchev–Trinajstić information content (AvgIpc) is 3.62. The highest BCUT2D eigenvalue weighted by Crippen LogP contribution is 2.36. The maximum Gasteiger partial charge on any atom is 0.308 e. The molecule has 3 aliphatic rings. The van der Waals surface area contributed by atoms with Crippen LogP contribution in [-0.4, -0.2) is 66.5 Å². The smallest absolute Gasteiger partial charge is 0.308 e. The molecule has 6 rings (SSSR count). The summed E-state index contributed by atoms with van der Waals surface area (Å²) in [5, 5.41) is 9.74. The van der Waals surface area contributed by atoms with Crippen LogP contribution in [0.15, 0.2) is 48.5 Å². The molecule has 1 aromatic heterocycles. The van der Waals surface area contributed by atoms with Gasteiger partial charge in [-0.05, 0) is 79.1 Å². The molecule has 0 saturated carbocycles. The van der Waals surface area contributed by atoms with Crippen molar-refractivity contribution in [3.05, 3.63) is 76.3 Å². The Hall–Kier alpha value is -3.46. The standard InChI is InChI=1S/C34H41N3O5/c1-22-6-4-7-27(30-8-5-9-32(35-30)37-13-10-28(34(38)39)31(37)21-40-3)33(22)42-20-24-16-23(2)29-19-36(18-25(29)17-24)26-11-14-41-15-12-26/h4-9,16-17,26,28,31H,10-15,18-21H2,1-3H3,(H,38,39)/t28-,31-/m1/s1. The normalized spacial score (nSPS) is 21.1. The third-order valence-electron chi connectivity index (χ3n) is 9.17. The number of aromatic nitrogens is 1. The van der Waals surface area contributed by atoms with Gasteiger partial charge in [0.25, 0.3) is 0 Å². The molecule has 42 heavy (non-hydrogen) atoms. The Kier molecular flexibility index (Phi) is 8.47. The summed E-state index contributed by atoms with van der Waals surface area (Å²) in [4.78, 5) is 21.6. The number of carboxylic acids is 1. The number of pyridine rings is 1. The van der Waals surface area contributed by atoms with E-state index in [0.29, 0.717) is 32.2 Å². The second-order valence-electron chi connectivity index (χ2n) is 11.9. The van der Waals surface area contributed by atoms with Gasteiger partial charge < -0.3 is 24.2 Å². The second kappa shape index (κ2) is 12.4. The van der Waals surface area contributed by atoms with E-state index in [1.54, 1.807) is 7.11 Å². The third-order valence-corrected chi connectivity index (χ3v) is 9.17. The molecule has 222 valence electrons. The van der Waals surface area contributed by atoms with Crippen molar-refractivity contribution in [3.63, 3.8) is 0 Å². The Bertz CT molecular complexity index is 1440. The minimum absolute atomic E-state index is 0.256. The predicted molar refractivity (Wildman–Crippen MR) is 162 cm³/mol. The lowest BCUT2D eigenvalue weighted by Gasteiger charge is -2.30. The molecule has 3 aromatic rings. The average molecular weight is 572 g/mol. The molecule has 2 fully saturated rings. The zero-order valence-corrected chi connectivity index (χ0v) is 24.8. The molecule has 2 saturated heterocycles. The van der Waals surface area contributed by atoms with Crippen molar-refractivity contribution < 1.29 is 24.1 Å². The number of aryl methyl sites for hydroxylation is 2. The lowest BCUT2D eigenvalue weighted by molar-refractivity contribution is -0.142. The van der Waals surface area contributed by atoms with Gasteiger partial charge in [-0.1, -0.05) is 30.3 Å². The van der Waals surface area contributed by atoms with Gasteiger partial charge in [0, 0.05) is 51.6 Å². The monoisotopic (exact) mass is 571 g/mol. The van der Waals surface area contributed by atoms with E-state index in [4.69, 9.17) is 19.2 Å². The van der Waals surface area contributed by atoms with Gasteiger partial charge in [0.2, 0.25) is 0 Å². The maximum absolute atomic E-state index is 11.9. The number of benzene rings is 2. The molecule has 0 bridgehead atoms. The number of aliphatic carboxylic acids is 1. The number of fused-ring (bicyclic) bond motifs is 1. The van der Waals surface area contributed by atoms with E-state index in [1.807, 2.05) is 30.3 Å². The van der Waals surface area contributed by atoms with Crippen molar-refractivity contribution in [1.82, 2.24) is 9.88 Å². The fourth-order valence-corrected chi connectivity index (χ4v) is 6.95. The predicted octanol–water partition coefficient (Wildman–Crippen LogP) is 5.36. The number of hydrogen-bond donors (Lipinski definition) is 1. The molecule has 0 radical (unpaired) electrons. The summed E-state index contributed by atoms with van der Waals surface area (Å²) in [6.45, 7) is 9.46. The Morgan fingerprint density at radius 2 is 1.86 bits per heavy atom. The number of ether oxygens (including phenoxy) is 3. The van der Waals surface area contributed by atoms with Crippen LogP contribution in [0.5, 0.6) is 5.75 Å². The molecule has 0 aliphatic carbocycles. The molecule has 8 heteroatoms. The number of methoxy groups -OCH3 is 1. The van der Waals surface area contributed by atoms with E-state index < -0.39 is 11.9 Å². The van der Waals surface area contributed by atoms with Gasteiger partial charge in [-0.2, -0.15) is 0 Å². The number of rotatable bonds is 9. The van der Waals surface area contributed by atoms with Crippen LogP contribution in [-0.2, 0) is 34.0 Å². The summed E-state index contributed by atoms with van der Waals surface area (Å²) in [5.41, 5.74) is 8.16. The minimum Gasteiger partial charge on any atom is -0.488 e. The van der Waals surface area contributed by atoms with E-state index in [9.17, 15) is 9.90 Å². The van der Waals surface area contributed by atoms with Crippen LogP contribution in [0.3, 0.4) is 0 Å². The first-order valence-corrected chi connectivity index (χ1v) is 15.0. The van der Waals surface area contributed by atoms with E-state index in [-0.39, 0.29) is 6.04 Å². The number of hydrogen-bond acceptors (Lipinski definition) is 7. The van der Waals surface area contributed by atoms with Gasteiger partial charge in [-0.3, -0.25) is 9.69 Å². The zero-order valence-electron chi connectivity index (χ0n) is 24.8. The van der Waals surface area contributed by atoms with Crippen molar-refractivity contribution >= 4 is 11.8 Å². The Balaban J connectivity index is 1.21. The largest absolute Gasteiger partial charge is 0.488 e. The van der Waals surface area contributed by atoms with Crippen molar-refractivity contribution in [2.45, 2.75) is 64.9 Å². The van der Waals surface area contributed by atoms with Gasteiger partial charge >= 0.3 is 5.97 Å². The van der Waals surface area contributed by atoms with Gasteiger partial charge in [-0.15, -0.1) is 0 Å². The third kappa shape index (κ3) is 5.76. The maximum atomic E-state index is 11.9. The Labute approximate surface area is 248 Å².